The number of terminal acetylenes is 1. The van der Waals surface area contributed by atoms with Crippen LogP contribution in [0, 0.1) is 12.3 Å². The van der Waals surface area contributed by atoms with E-state index in [4.69, 9.17) is 12.2 Å². The fourth-order valence-electron chi connectivity index (χ4n) is 2.07. The molecule has 2 N–H and O–H groups in total. The lowest BCUT2D eigenvalue weighted by Crippen LogP contribution is -2.37. The number of aromatic nitrogens is 4. The molecule has 19 heavy (non-hydrogen) atoms. The predicted octanol–water partition coefficient (Wildman–Crippen LogP) is -1.43. The van der Waals surface area contributed by atoms with Crippen LogP contribution in [-0.2, 0) is 27.1 Å². The van der Waals surface area contributed by atoms with Gasteiger partial charge < -0.3 is 10.3 Å². The van der Waals surface area contributed by atoms with Gasteiger partial charge in [0, 0.05) is 20.5 Å². The lowest BCUT2D eigenvalue weighted by atomic mass is 10.4. The first-order chi connectivity index (χ1) is 9.02. The second kappa shape index (κ2) is 4.74. The van der Waals surface area contributed by atoms with Crippen LogP contribution < -0.4 is 17.0 Å². The number of imidazole rings is 1. The third-order valence-corrected chi connectivity index (χ3v) is 3.04. The molecular weight excluding hydrogens is 246 g/mol. The molecule has 2 aromatic heterocycles. The highest BCUT2D eigenvalue weighted by atomic mass is 16.2. The Balaban J connectivity index is 2.97. The Morgan fingerprint density at radius 2 is 2.00 bits per heavy atom. The van der Waals surface area contributed by atoms with Crippen LogP contribution in [0.15, 0.2) is 9.59 Å². The Bertz CT molecular complexity index is 788. The summed E-state index contributed by atoms with van der Waals surface area (Å²) >= 11 is 0. The van der Waals surface area contributed by atoms with Gasteiger partial charge in [0.05, 0.1) is 6.54 Å². The molecular formula is C12H15N5O2. The molecule has 2 aromatic rings. The lowest BCUT2D eigenvalue weighted by Gasteiger charge is -2.05. The van der Waals surface area contributed by atoms with E-state index in [1.807, 2.05) is 0 Å². The highest BCUT2D eigenvalue weighted by Crippen LogP contribution is 2.11. The number of fused-ring (bicyclic) bond motifs is 1. The average molecular weight is 261 g/mol. The Hall–Kier alpha value is -2.33. The van der Waals surface area contributed by atoms with E-state index in [1.54, 1.807) is 11.6 Å². The summed E-state index contributed by atoms with van der Waals surface area (Å²) in [5, 5.41) is 0. The first-order valence-electron chi connectivity index (χ1n) is 5.81. The van der Waals surface area contributed by atoms with Crippen LogP contribution in [-0.4, -0.2) is 25.2 Å². The van der Waals surface area contributed by atoms with Crippen molar-refractivity contribution in [1.82, 2.24) is 18.7 Å². The number of rotatable bonds is 3. The molecule has 0 aliphatic heterocycles. The van der Waals surface area contributed by atoms with Crippen molar-refractivity contribution in [3.05, 3.63) is 26.7 Å². The molecule has 0 fully saturated rings. The fourth-order valence-corrected chi connectivity index (χ4v) is 2.07. The van der Waals surface area contributed by atoms with Crippen molar-refractivity contribution in [2.24, 2.45) is 19.8 Å². The summed E-state index contributed by atoms with van der Waals surface area (Å²) in [6.45, 7) is 0.613. The maximum atomic E-state index is 12.2. The fraction of sp³-hybridized carbons (Fsp3) is 0.417. The van der Waals surface area contributed by atoms with Gasteiger partial charge in [-0.15, -0.1) is 6.42 Å². The van der Waals surface area contributed by atoms with Gasteiger partial charge >= 0.3 is 5.69 Å². The summed E-state index contributed by atoms with van der Waals surface area (Å²) < 4.78 is 4.02. The van der Waals surface area contributed by atoms with Crippen molar-refractivity contribution >= 4 is 11.2 Å². The molecule has 0 aliphatic carbocycles. The minimum Gasteiger partial charge on any atom is -0.330 e. The second-order valence-corrected chi connectivity index (χ2v) is 4.23. The SMILES string of the molecule is C#CCn1c(CCN)nc2c1c(=O)n(C)c(=O)n2C. The van der Waals surface area contributed by atoms with E-state index in [0.717, 1.165) is 4.57 Å². The topological polar surface area (TPSA) is 87.8 Å². The Kier molecular flexibility index (Phi) is 3.27. The first-order valence-corrected chi connectivity index (χ1v) is 5.81. The maximum Gasteiger partial charge on any atom is 0.332 e. The number of nitrogens with zero attached hydrogens (tertiary/aromatic N) is 4. The third-order valence-electron chi connectivity index (χ3n) is 3.04. The zero-order valence-electron chi connectivity index (χ0n) is 10.9. The van der Waals surface area contributed by atoms with Crippen LogP contribution >= 0.6 is 0 Å². The molecule has 2 heterocycles. The molecule has 2 rings (SSSR count). The first kappa shape index (κ1) is 13.1. The van der Waals surface area contributed by atoms with Crippen molar-refractivity contribution < 1.29 is 0 Å². The number of aryl methyl sites for hydroxylation is 1. The standard InChI is InChI=1S/C12H15N5O2/c1-4-7-17-8(5-6-13)14-10-9(17)11(18)16(3)12(19)15(10)2/h1H,5-7,13H2,2-3H3. The van der Waals surface area contributed by atoms with E-state index in [1.165, 1.54) is 11.6 Å². The summed E-state index contributed by atoms with van der Waals surface area (Å²) in [6, 6.07) is 0. The molecule has 0 saturated heterocycles. The van der Waals surface area contributed by atoms with E-state index in [0.29, 0.717) is 30.0 Å². The van der Waals surface area contributed by atoms with Crippen molar-refractivity contribution in [3.8, 4) is 12.3 Å². The zero-order chi connectivity index (χ0) is 14.2. The van der Waals surface area contributed by atoms with Crippen LogP contribution in [0.5, 0.6) is 0 Å². The van der Waals surface area contributed by atoms with Gasteiger partial charge in [-0.3, -0.25) is 13.9 Å². The molecule has 0 unspecified atom stereocenters. The summed E-state index contributed by atoms with van der Waals surface area (Å²) in [4.78, 5) is 28.4. The van der Waals surface area contributed by atoms with Gasteiger partial charge in [0.15, 0.2) is 11.2 Å². The molecule has 0 spiro atoms. The normalized spacial score (nSPS) is 10.8. The molecule has 0 saturated carbocycles. The van der Waals surface area contributed by atoms with Gasteiger partial charge in [-0.1, -0.05) is 5.92 Å². The van der Waals surface area contributed by atoms with E-state index >= 15 is 0 Å². The Morgan fingerprint density at radius 1 is 1.32 bits per heavy atom. The highest BCUT2D eigenvalue weighted by Gasteiger charge is 2.17. The summed E-state index contributed by atoms with van der Waals surface area (Å²) in [7, 11) is 3.00. The quantitative estimate of drug-likeness (QED) is 0.686. The van der Waals surface area contributed by atoms with Crippen molar-refractivity contribution in [3.63, 3.8) is 0 Å². The van der Waals surface area contributed by atoms with Crippen LogP contribution in [0.4, 0.5) is 0 Å². The summed E-state index contributed by atoms with van der Waals surface area (Å²) in [6.07, 6.45) is 5.82. The van der Waals surface area contributed by atoms with Gasteiger partial charge in [-0.25, -0.2) is 9.78 Å². The smallest absolute Gasteiger partial charge is 0.330 e. The van der Waals surface area contributed by atoms with Crippen LogP contribution in [0.1, 0.15) is 5.82 Å². The second-order valence-electron chi connectivity index (χ2n) is 4.23. The molecule has 0 amide bonds. The largest absolute Gasteiger partial charge is 0.332 e. The maximum absolute atomic E-state index is 12.2. The lowest BCUT2D eigenvalue weighted by molar-refractivity contribution is 0.702. The van der Waals surface area contributed by atoms with Crippen molar-refractivity contribution in [2.75, 3.05) is 6.54 Å². The minimum absolute atomic E-state index is 0.222. The number of nitrogens with two attached hydrogens (primary N) is 1. The van der Waals surface area contributed by atoms with E-state index in [-0.39, 0.29) is 6.54 Å². The summed E-state index contributed by atoms with van der Waals surface area (Å²) in [5.41, 5.74) is 5.39. The molecule has 0 atom stereocenters. The molecule has 0 bridgehead atoms. The van der Waals surface area contributed by atoms with E-state index in [2.05, 4.69) is 10.9 Å². The van der Waals surface area contributed by atoms with Crippen LogP contribution in [0.2, 0.25) is 0 Å². The number of hydrogen-bond acceptors (Lipinski definition) is 4. The Labute approximate surface area is 109 Å². The molecule has 0 aromatic carbocycles. The van der Waals surface area contributed by atoms with Crippen molar-refractivity contribution in [2.45, 2.75) is 13.0 Å². The molecule has 0 radical (unpaired) electrons. The predicted molar refractivity (Wildman–Crippen MR) is 71.8 cm³/mol. The van der Waals surface area contributed by atoms with Gasteiger partial charge in [0.25, 0.3) is 5.56 Å². The highest BCUT2D eigenvalue weighted by molar-refractivity contribution is 5.71. The minimum atomic E-state index is -0.415. The van der Waals surface area contributed by atoms with E-state index in [9.17, 15) is 9.59 Å². The molecule has 7 heteroatoms. The van der Waals surface area contributed by atoms with Crippen molar-refractivity contribution in [1.29, 1.82) is 0 Å². The zero-order valence-corrected chi connectivity index (χ0v) is 10.9. The van der Waals surface area contributed by atoms with Gasteiger partial charge in [0.2, 0.25) is 0 Å². The third kappa shape index (κ3) is 1.86. The van der Waals surface area contributed by atoms with Crippen LogP contribution in [0.3, 0.4) is 0 Å². The molecule has 100 valence electrons. The average Bonchev–Trinajstić information content (AvgIpc) is 2.74. The Morgan fingerprint density at radius 3 is 2.58 bits per heavy atom. The summed E-state index contributed by atoms with van der Waals surface area (Å²) in [5.74, 6) is 3.11. The van der Waals surface area contributed by atoms with Gasteiger partial charge in [0.1, 0.15) is 5.82 Å². The molecule has 0 aliphatic rings. The van der Waals surface area contributed by atoms with Gasteiger partial charge in [-0.2, -0.15) is 0 Å². The van der Waals surface area contributed by atoms with E-state index < -0.39 is 11.2 Å². The van der Waals surface area contributed by atoms with Crippen LogP contribution in [0.25, 0.3) is 11.2 Å². The molecule has 7 nitrogen and oxygen atoms in total. The van der Waals surface area contributed by atoms with Gasteiger partial charge in [-0.05, 0) is 6.54 Å². The number of hydrogen-bond donors (Lipinski definition) is 1. The monoisotopic (exact) mass is 261 g/mol.